The van der Waals surface area contributed by atoms with Crippen molar-refractivity contribution in [1.82, 2.24) is 0 Å². The van der Waals surface area contributed by atoms with Crippen LogP contribution in [0.25, 0.3) is 0 Å². The highest BCUT2D eigenvalue weighted by atomic mass is 16.4. The molecule has 134 valence electrons. The number of allylic oxidation sites excluding steroid dienone is 3. The number of aromatic hydroxyl groups is 2. The number of carbonyl (C=O) groups is 2. The number of aliphatic carboxylic acids is 1. The molecule has 0 unspecified atom stereocenters. The van der Waals surface area contributed by atoms with Crippen LogP contribution in [0, 0.1) is 5.92 Å². The molecule has 1 aliphatic carbocycles. The molecule has 0 radical (unpaired) electrons. The summed E-state index contributed by atoms with van der Waals surface area (Å²) >= 11 is 0. The molecule has 0 aromatic heterocycles. The Balaban J connectivity index is 2.70. The van der Waals surface area contributed by atoms with Crippen molar-refractivity contribution in [2.45, 2.75) is 39.0 Å². The van der Waals surface area contributed by atoms with Crippen LogP contribution in [-0.2, 0) is 11.2 Å². The molecule has 1 aromatic rings. The summed E-state index contributed by atoms with van der Waals surface area (Å²) in [5.41, 5.74) is 1.44. The Hall–Kier alpha value is -2.76. The number of phenols is 2. The Labute approximate surface area is 145 Å². The van der Waals surface area contributed by atoms with Gasteiger partial charge in [0.1, 0.15) is 17.1 Å². The maximum Gasteiger partial charge on any atom is 0.339 e. The van der Waals surface area contributed by atoms with Crippen molar-refractivity contribution in [3.05, 3.63) is 46.6 Å². The minimum absolute atomic E-state index is 0.0486. The average Bonchev–Trinajstić information content (AvgIpc) is 2.45. The van der Waals surface area contributed by atoms with Gasteiger partial charge in [0.25, 0.3) is 0 Å². The molecule has 0 bridgehead atoms. The van der Waals surface area contributed by atoms with Gasteiger partial charge in [-0.1, -0.05) is 23.8 Å². The largest absolute Gasteiger partial charge is 0.507 e. The van der Waals surface area contributed by atoms with Crippen LogP contribution in [0.5, 0.6) is 11.5 Å². The van der Waals surface area contributed by atoms with E-state index < -0.39 is 35.6 Å². The third kappa shape index (κ3) is 3.68. The highest BCUT2D eigenvalue weighted by Gasteiger charge is 2.33. The smallest absolute Gasteiger partial charge is 0.339 e. The Morgan fingerprint density at radius 1 is 1.28 bits per heavy atom. The third-order valence-electron chi connectivity index (χ3n) is 4.67. The molecule has 2 atom stereocenters. The molecule has 0 aliphatic heterocycles. The lowest BCUT2D eigenvalue weighted by Gasteiger charge is -2.31. The van der Waals surface area contributed by atoms with Crippen LogP contribution in [0.4, 0.5) is 0 Å². The summed E-state index contributed by atoms with van der Waals surface area (Å²) in [5, 5.41) is 39.4. The zero-order chi connectivity index (χ0) is 18.9. The van der Waals surface area contributed by atoms with Crippen LogP contribution in [0.15, 0.2) is 29.9 Å². The van der Waals surface area contributed by atoms with Gasteiger partial charge in [0, 0.05) is 11.5 Å². The van der Waals surface area contributed by atoms with Crippen molar-refractivity contribution in [2.75, 3.05) is 0 Å². The van der Waals surface area contributed by atoms with E-state index in [1.807, 2.05) is 19.9 Å². The van der Waals surface area contributed by atoms with Crippen LogP contribution in [0.1, 0.15) is 54.1 Å². The first-order chi connectivity index (χ1) is 11.6. The number of hydrogen-bond acceptors (Lipinski definition) is 4. The van der Waals surface area contributed by atoms with Gasteiger partial charge in [-0.15, -0.1) is 0 Å². The maximum absolute atomic E-state index is 11.6. The average molecular weight is 346 g/mol. The van der Waals surface area contributed by atoms with Gasteiger partial charge in [-0.05, 0) is 44.2 Å². The van der Waals surface area contributed by atoms with E-state index in [9.17, 15) is 24.9 Å². The Bertz CT molecular complexity index is 775. The number of phenolic OH excluding ortho intramolecular Hbond substituents is 1. The molecule has 6 nitrogen and oxygen atoms in total. The van der Waals surface area contributed by atoms with Crippen molar-refractivity contribution in [3.63, 3.8) is 0 Å². The molecule has 1 aromatic carbocycles. The number of benzene rings is 1. The van der Waals surface area contributed by atoms with Gasteiger partial charge < -0.3 is 20.4 Å². The predicted octanol–water partition coefficient (Wildman–Crippen LogP) is 3.44. The highest BCUT2D eigenvalue weighted by molar-refractivity contribution is 5.95. The predicted molar refractivity (Wildman–Crippen MR) is 92.1 cm³/mol. The Kier molecular flexibility index (Phi) is 5.21. The van der Waals surface area contributed by atoms with Gasteiger partial charge in [0.2, 0.25) is 0 Å². The second-order valence-electron chi connectivity index (χ2n) is 6.60. The first-order valence-corrected chi connectivity index (χ1v) is 7.99. The molecule has 0 heterocycles. The summed E-state index contributed by atoms with van der Waals surface area (Å²) in [6.45, 7) is 7.76. The molecule has 1 aliphatic rings. The number of carboxylic acids is 2. The monoisotopic (exact) mass is 346 g/mol. The number of hydrogen-bond donors (Lipinski definition) is 4. The van der Waals surface area contributed by atoms with Crippen molar-refractivity contribution < 1.29 is 30.0 Å². The van der Waals surface area contributed by atoms with Crippen LogP contribution < -0.4 is 0 Å². The van der Waals surface area contributed by atoms with E-state index >= 15 is 0 Å². The summed E-state index contributed by atoms with van der Waals surface area (Å²) in [7, 11) is 0. The van der Waals surface area contributed by atoms with Gasteiger partial charge in [-0.3, -0.25) is 4.79 Å². The number of rotatable bonds is 5. The van der Waals surface area contributed by atoms with E-state index in [4.69, 9.17) is 5.11 Å². The van der Waals surface area contributed by atoms with Crippen molar-refractivity contribution in [3.8, 4) is 11.5 Å². The SMILES string of the molecule is C=C(C)[C@@H]1CCC(C)=C[C@H]1c1c(O)cc(CC(=O)O)c(C(=O)O)c1O. The second kappa shape index (κ2) is 7.01. The quantitative estimate of drug-likeness (QED) is 0.607. The molecular weight excluding hydrogens is 324 g/mol. The van der Waals surface area contributed by atoms with Gasteiger partial charge in [-0.25, -0.2) is 4.79 Å². The molecule has 25 heavy (non-hydrogen) atoms. The topological polar surface area (TPSA) is 115 Å². The van der Waals surface area contributed by atoms with Gasteiger partial charge >= 0.3 is 11.9 Å². The minimum Gasteiger partial charge on any atom is -0.507 e. The van der Waals surface area contributed by atoms with E-state index in [1.54, 1.807) is 0 Å². The van der Waals surface area contributed by atoms with Crippen molar-refractivity contribution in [1.29, 1.82) is 0 Å². The minimum atomic E-state index is -1.43. The molecule has 6 heteroatoms. The van der Waals surface area contributed by atoms with E-state index in [-0.39, 0.29) is 22.8 Å². The van der Waals surface area contributed by atoms with Crippen LogP contribution in [0.2, 0.25) is 0 Å². The molecule has 0 saturated heterocycles. The van der Waals surface area contributed by atoms with E-state index in [2.05, 4.69) is 6.58 Å². The lowest BCUT2D eigenvalue weighted by molar-refractivity contribution is -0.136. The van der Waals surface area contributed by atoms with E-state index in [1.165, 1.54) is 0 Å². The van der Waals surface area contributed by atoms with Gasteiger partial charge in [0.05, 0.1) is 6.42 Å². The Morgan fingerprint density at radius 2 is 1.92 bits per heavy atom. The lowest BCUT2D eigenvalue weighted by atomic mass is 9.73. The standard InChI is InChI=1S/C19H22O6/c1-9(2)12-5-4-10(3)6-13(12)17-14(20)7-11(8-15(21)22)16(18(17)23)19(24)25/h6-7,12-13,20,23H,1,4-5,8H2,2-3H3,(H,21,22)(H,24,25)/t12-,13+/m0/s1. The molecule has 2 rings (SSSR count). The zero-order valence-corrected chi connectivity index (χ0v) is 14.2. The van der Waals surface area contributed by atoms with Crippen LogP contribution >= 0.6 is 0 Å². The third-order valence-corrected chi connectivity index (χ3v) is 4.67. The highest BCUT2D eigenvalue weighted by Crippen LogP contribution is 2.47. The van der Waals surface area contributed by atoms with E-state index in [0.29, 0.717) is 0 Å². The number of aromatic carboxylic acids is 1. The summed E-state index contributed by atoms with van der Waals surface area (Å²) < 4.78 is 0. The van der Waals surface area contributed by atoms with Crippen LogP contribution in [-0.4, -0.2) is 32.4 Å². The second-order valence-corrected chi connectivity index (χ2v) is 6.60. The fourth-order valence-electron chi connectivity index (χ4n) is 3.50. The molecule has 4 N–H and O–H groups in total. The first-order valence-electron chi connectivity index (χ1n) is 7.99. The number of carboxylic acid groups (broad SMARTS) is 2. The molecule has 0 amide bonds. The summed E-state index contributed by atoms with van der Waals surface area (Å²) in [4.78, 5) is 22.5. The lowest BCUT2D eigenvalue weighted by Crippen LogP contribution is -2.18. The Morgan fingerprint density at radius 3 is 2.44 bits per heavy atom. The summed E-state index contributed by atoms with van der Waals surface area (Å²) in [6, 6.07) is 1.12. The normalized spacial score (nSPS) is 20.0. The molecule has 0 saturated carbocycles. The van der Waals surface area contributed by atoms with Crippen molar-refractivity contribution >= 4 is 11.9 Å². The molecule has 0 fully saturated rings. The zero-order valence-electron chi connectivity index (χ0n) is 14.2. The fourth-order valence-corrected chi connectivity index (χ4v) is 3.50. The van der Waals surface area contributed by atoms with Crippen LogP contribution in [0.3, 0.4) is 0 Å². The van der Waals surface area contributed by atoms with E-state index in [0.717, 1.165) is 30.1 Å². The van der Waals surface area contributed by atoms with Gasteiger partial charge in [-0.2, -0.15) is 0 Å². The summed E-state index contributed by atoms with van der Waals surface area (Å²) in [5.74, 6) is -4.02. The summed E-state index contributed by atoms with van der Waals surface area (Å²) in [6.07, 6.45) is 2.94. The molecular formula is C19H22O6. The molecule has 0 spiro atoms. The fraction of sp³-hybridized carbons (Fsp3) is 0.368. The maximum atomic E-state index is 11.6. The first kappa shape index (κ1) is 18.6. The van der Waals surface area contributed by atoms with Gasteiger partial charge in [0.15, 0.2) is 0 Å². The van der Waals surface area contributed by atoms with Crippen molar-refractivity contribution in [2.24, 2.45) is 5.92 Å².